The lowest BCUT2D eigenvalue weighted by molar-refractivity contribution is 0.0698. The number of hydrogen-bond acceptors (Lipinski definition) is 3. The molecule has 0 unspecified atom stereocenters. The Labute approximate surface area is 196 Å². The van der Waals surface area contributed by atoms with Gasteiger partial charge in [0.1, 0.15) is 0 Å². The molecule has 34 heavy (non-hydrogen) atoms. The van der Waals surface area contributed by atoms with Crippen LogP contribution in [-0.4, -0.2) is 25.8 Å². The average Bonchev–Trinajstić information content (AvgIpc) is 3.48. The molecule has 6 rings (SSSR count). The lowest BCUT2D eigenvalue weighted by atomic mass is 10.0. The molecule has 2 heterocycles. The van der Waals surface area contributed by atoms with Gasteiger partial charge in [0.05, 0.1) is 28.2 Å². The second kappa shape index (κ2) is 8.12. The Morgan fingerprint density at radius 1 is 0.853 bits per heavy atom. The number of hydrogen-bond donors (Lipinski definition) is 1. The lowest BCUT2D eigenvalue weighted by Crippen LogP contribution is -2.05. The number of allylic oxidation sites excluding steroid dienone is 1. The highest BCUT2D eigenvalue weighted by molar-refractivity contribution is 6.06. The van der Waals surface area contributed by atoms with Crippen molar-refractivity contribution in [2.75, 3.05) is 0 Å². The SMILES string of the molecule is O=C(O)c1c2c(nc3ccccc13)C(=Cc1cn(-c3ccccc3)nc1-c1ccccc1)CC2. The van der Waals surface area contributed by atoms with E-state index in [2.05, 4.69) is 18.2 Å². The van der Waals surface area contributed by atoms with Gasteiger partial charge < -0.3 is 5.11 Å². The molecule has 5 aromatic rings. The zero-order chi connectivity index (χ0) is 23.1. The van der Waals surface area contributed by atoms with E-state index in [1.54, 1.807) is 0 Å². The highest BCUT2D eigenvalue weighted by Gasteiger charge is 2.27. The number of nitrogens with zero attached hydrogens (tertiary/aromatic N) is 3. The first kappa shape index (κ1) is 20.1. The number of aromatic carboxylic acids is 1. The second-order valence-electron chi connectivity index (χ2n) is 8.39. The van der Waals surface area contributed by atoms with Crippen LogP contribution in [0.4, 0.5) is 0 Å². The number of para-hydroxylation sites is 2. The maximum Gasteiger partial charge on any atom is 0.336 e. The molecule has 2 aromatic heterocycles. The van der Waals surface area contributed by atoms with E-state index in [0.29, 0.717) is 22.9 Å². The molecular formula is C29H21N3O2. The molecule has 164 valence electrons. The van der Waals surface area contributed by atoms with Gasteiger partial charge in [-0.25, -0.2) is 14.5 Å². The molecular weight excluding hydrogens is 422 g/mol. The largest absolute Gasteiger partial charge is 0.478 e. The first-order valence-electron chi connectivity index (χ1n) is 11.3. The van der Waals surface area contributed by atoms with Crippen molar-refractivity contribution in [3.63, 3.8) is 0 Å². The van der Waals surface area contributed by atoms with Gasteiger partial charge in [-0.15, -0.1) is 0 Å². The van der Waals surface area contributed by atoms with Gasteiger partial charge in [-0.3, -0.25) is 0 Å². The molecule has 1 N–H and O–H groups in total. The number of pyridine rings is 1. The van der Waals surface area contributed by atoms with Gasteiger partial charge in [0.25, 0.3) is 0 Å². The Kier molecular flexibility index (Phi) is 4.81. The molecule has 1 aliphatic carbocycles. The van der Waals surface area contributed by atoms with Crippen molar-refractivity contribution in [3.8, 4) is 16.9 Å². The smallest absolute Gasteiger partial charge is 0.336 e. The van der Waals surface area contributed by atoms with Crippen LogP contribution < -0.4 is 0 Å². The molecule has 5 heteroatoms. The van der Waals surface area contributed by atoms with Gasteiger partial charge in [0, 0.05) is 22.7 Å². The zero-order valence-corrected chi connectivity index (χ0v) is 18.3. The fourth-order valence-electron chi connectivity index (χ4n) is 4.74. The topological polar surface area (TPSA) is 68.0 Å². The molecule has 0 bridgehead atoms. The van der Waals surface area contributed by atoms with E-state index < -0.39 is 5.97 Å². The lowest BCUT2D eigenvalue weighted by Gasteiger charge is -2.09. The minimum Gasteiger partial charge on any atom is -0.478 e. The van der Waals surface area contributed by atoms with Gasteiger partial charge in [-0.1, -0.05) is 66.7 Å². The quantitative estimate of drug-likeness (QED) is 0.355. The van der Waals surface area contributed by atoms with Crippen molar-refractivity contribution in [2.45, 2.75) is 12.8 Å². The van der Waals surface area contributed by atoms with Crippen LogP contribution >= 0.6 is 0 Å². The summed E-state index contributed by atoms with van der Waals surface area (Å²) in [6.07, 6.45) is 5.55. The number of rotatable bonds is 4. The van der Waals surface area contributed by atoms with Crippen LogP contribution in [0.25, 0.3) is 39.5 Å². The van der Waals surface area contributed by atoms with Crippen LogP contribution in [0.2, 0.25) is 0 Å². The molecule has 0 saturated carbocycles. The summed E-state index contributed by atoms with van der Waals surface area (Å²) in [5.41, 5.74) is 7.56. The number of aromatic nitrogens is 3. The van der Waals surface area contributed by atoms with Crippen LogP contribution in [0, 0.1) is 0 Å². The number of carbonyl (C=O) groups is 1. The molecule has 3 aromatic carbocycles. The number of carboxylic acid groups (broad SMARTS) is 1. The Balaban J connectivity index is 1.54. The van der Waals surface area contributed by atoms with Gasteiger partial charge >= 0.3 is 5.97 Å². The fraction of sp³-hybridized carbons (Fsp3) is 0.0690. The van der Waals surface area contributed by atoms with Gasteiger partial charge in [-0.2, -0.15) is 5.10 Å². The summed E-state index contributed by atoms with van der Waals surface area (Å²) in [5, 5.41) is 15.6. The summed E-state index contributed by atoms with van der Waals surface area (Å²) >= 11 is 0. The third kappa shape index (κ3) is 3.39. The van der Waals surface area contributed by atoms with E-state index in [4.69, 9.17) is 10.1 Å². The minimum atomic E-state index is -0.905. The van der Waals surface area contributed by atoms with Gasteiger partial charge in [0.2, 0.25) is 0 Å². The van der Waals surface area contributed by atoms with Crippen LogP contribution in [-0.2, 0) is 6.42 Å². The van der Waals surface area contributed by atoms with Gasteiger partial charge in [-0.05, 0) is 48.3 Å². The minimum absolute atomic E-state index is 0.368. The third-order valence-corrected chi connectivity index (χ3v) is 6.30. The molecule has 0 amide bonds. The van der Waals surface area contributed by atoms with E-state index in [9.17, 15) is 9.90 Å². The standard InChI is InChI=1S/C29H21N3O2/c33-29(34)26-23-13-7-8-14-25(23)30-28-20(15-16-24(26)28)17-21-18-32(22-11-5-2-6-12-22)31-27(21)19-9-3-1-4-10-19/h1-14,17-18H,15-16H2,(H,33,34). The Bertz CT molecular complexity index is 1570. The molecule has 1 aliphatic rings. The molecule has 0 radical (unpaired) electrons. The van der Waals surface area contributed by atoms with Crippen LogP contribution in [0.15, 0.2) is 91.1 Å². The van der Waals surface area contributed by atoms with E-state index in [1.807, 2.05) is 83.7 Å². The van der Waals surface area contributed by atoms with Crippen molar-refractivity contribution < 1.29 is 9.90 Å². The molecule has 0 aliphatic heterocycles. The summed E-state index contributed by atoms with van der Waals surface area (Å²) in [5.74, 6) is -0.905. The highest BCUT2D eigenvalue weighted by Crippen LogP contribution is 2.38. The molecule has 0 spiro atoms. The third-order valence-electron chi connectivity index (χ3n) is 6.30. The van der Waals surface area contributed by atoms with E-state index >= 15 is 0 Å². The van der Waals surface area contributed by atoms with Crippen molar-refractivity contribution in [1.29, 1.82) is 0 Å². The Morgan fingerprint density at radius 2 is 1.56 bits per heavy atom. The number of carboxylic acids is 1. The first-order chi connectivity index (χ1) is 16.7. The summed E-state index contributed by atoms with van der Waals surface area (Å²) < 4.78 is 1.89. The Morgan fingerprint density at radius 3 is 2.32 bits per heavy atom. The maximum atomic E-state index is 12.2. The van der Waals surface area contributed by atoms with Crippen LogP contribution in [0.3, 0.4) is 0 Å². The van der Waals surface area contributed by atoms with Crippen LogP contribution in [0.5, 0.6) is 0 Å². The fourth-order valence-corrected chi connectivity index (χ4v) is 4.74. The number of fused-ring (bicyclic) bond motifs is 2. The molecule has 0 saturated heterocycles. The monoisotopic (exact) mass is 443 g/mol. The van der Waals surface area contributed by atoms with Crippen molar-refractivity contribution >= 4 is 28.5 Å². The summed E-state index contributed by atoms with van der Waals surface area (Å²) in [7, 11) is 0. The molecule has 0 atom stereocenters. The van der Waals surface area contributed by atoms with E-state index in [0.717, 1.165) is 45.8 Å². The van der Waals surface area contributed by atoms with Crippen molar-refractivity contribution in [2.24, 2.45) is 0 Å². The van der Waals surface area contributed by atoms with Crippen molar-refractivity contribution in [3.05, 3.63) is 114 Å². The molecule has 5 nitrogen and oxygen atoms in total. The van der Waals surface area contributed by atoms with Crippen molar-refractivity contribution in [1.82, 2.24) is 14.8 Å². The summed E-state index contributed by atoms with van der Waals surface area (Å²) in [4.78, 5) is 17.1. The maximum absolute atomic E-state index is 12.2. The zero-order valence-electron chi connectivity index (χ0n) is 18.3. The second-order valence-corrected chi connectivity index (χ2v) is 8.39. The predicted molar refractivity (Wildman–Crippen MR) is 134 cm³/mol. The molecule has 0 fully saturated rings. The predicted octanol–water partition coefficient (Wildman–Crippen LogP) is 6.27. The number of benzene rings is 3. The van der Waals surface area contributed by atoms with Gasteiger partial charge in [0.15, 0.2) is 0 Å². The first-order valence-corrected chi connectivity index (χ1v) is 11.3. The van der Waals surface area contributed by atoms with E-state index in [1.165, 1.54) is 0 Å². The summed E-state index contributed by atoms with van der Waals surface area (Å²) in [6, 6.07) is 27.6. The van der Waals surface area contributed by atoms with Crippen LogP contribution in [0.1, 0.15) is 33.6 Å². The average molecular weight is 444 g/mol. The Hall–Kier alpha value is -4.51. The summed E-state index contributed by atoms with van der Waals surface area (Å²) in [6.45, 7) is 0. The normalized spacial score (nSPS) is 13.9. The van der Waals surface area contributed by atoms with E-state index in [-0.39, 0.29) is 0 Å². The highest BCUT2D eigenvalue weighted by atomic mass is 16.4.